The van der Waals surface area contributed by atoms with E-state index in [1.54, 1.807) is 18.2 Å². The second kappa shape index (κ2) is 7.63. The van der Waals surface area contributed by atoms with Crippen LogP contribution in [0.2, 0.25) is 5.02 Å². The average Bonchev–Trinajstić information content (AvgIpc) is 2.48. The number of hydrogen-bond donors (Lipinski definition) is 2. The Labute approximate surface area is 134 Å². The smallest absolute Gasteiger partial charge is 0.170 e. The normalized spacial score (nSPS) is 9.71. The zero-order chi connectivity index (χ0) is 15.1. The number of nitrogens with one attached hydrogen (secondary N) is 2. The third kappa shape index (κ3) is 4.75. The molecule has 0 aliphatic heterocycles. The maximum atomic E-state index is 9.05. The summed E-state index contributed by atoms with van der Waals surface area (Å²) in [5, 5.41) is 16.2. The van der Waals surface area contributed by atoms with Crippen molar-refractivity contribution in [3.63, 3.8) is 0 Å². The van der Waals surface area contributed by atoms with Gasteiger partial charge in [0.15, 0.2) is 5.11 Å². The maximum Gasteiger partial charge on any atom is 0.170 e. The molecule has 2 aromatic rings. The van der Waals surface area contributed by atoms with E-state index in [9.17, 15) is 0 Å². The number of nitriles is 1. The first-order valence-electron chi connectivity index (χ1n) is 6.47. The highest BCUT2D eigenvalue weighted by molar-refractivity contribution is 7.80. The summed E-state index contributed by atoms with van der Waals surface area (Å²) in [6, 6.07) is 17.3. The third-order valence-corrected chi connectivity index (χ3v) is 3.37. The Balaban J connectivity index is 1.88. The Morgan fingerprint density at radius 2 is 1.95 bits per heavy atom. The van der Waals surface area contributed by atoms with Crippen molar-refractivity contribution in [1.29, 1.82) is 5.26 Å². The van der Waals surface area contributed by atoms with E-state index < -0.39 is 0 Å². The van der Waals surface area contributed by atoms with E-state index >= 15 is 0 Å². The Bertz CT molecular complexity index is 665. The minimum atomic E-state index is 0.477. The van der Waals surface area contributed by atoms with E-state index in [1.807, 2.05) is 18.2 Å². The molecule has 21 heavy (non-hydrogen) atoms. The fourth-order valence-electron chi connectivity index (χ4n) is 1.85. The first kappa shape index (κ1) is 15.3. The lowest BCUT2D eigenvalue weighted by atomic mass is 10.1. The van der Waals surface area contributed by atoms with Gasteiger partial charge >= 0.3 is 0 Å². The van der Waals surface area contributed by atoms with Crippen LogP contribution in [0.5, 0.6) is 0 Å². The fraction of sp³-hybridized carbons (Fsp3) is 0.125. The summed E-state index contributed by atoms with van der Waals surface area (Å²) in [6.45, 7) is 0.721. The molecule has 0 aliphatic rings. The highest BCUT2D eigenvalue weighted by atomic mass is 35.5. The van der Waals surface area contributed by atoms with Crippen molar-refractivity contribution in [2.75, 3.05) is 11.9 Å². The number of nitrogens with zero attached hydrogens (tertiary/aromatic N) is 1. The van der Waals surface area contributed by atoms with Gasteiger partial charge in [0, 0.05) is 11.6 Å². The van der Waals surface area contributed by atoms with Crippen LogP contribution in [0, 0.1) is 11.3 Å². The van der Waals surface area contributed by atoms with Crippen LogP contribution in [-0.2, 0) is 6.42 Å². The second-order valence-corrected chi connectivity index (χ2v) is 5.26. The van der Waals surface area contributed by atoms with Gasteiger partial charge in [-0.25, -0.2) is 0 Å². The maximum absolute atomic E-state index is 9.05. The van der Waals surface area contributed by atoms with E-state index in [0.29, 0.717) is 21.4 Å². The molecule has 2 aromatic carbocycles. The van der Waals surface area contributed by atoms with Gasteiger partial charge in [-0.15, -0.1) is 0 Å². The number of benzene rings is 2. The molecular formula is C16H14ClN3S. The van der Waals surface area contributed by atoms with Gasteiger partial charge in [0.2, 0.25) is 0 Å². The first-order chi connectivity index (χ1) is 10.2. The van der Waals surface area contributed by atoms with E-state index in [4.69, 9.17) is 29.1 Å². The van der Waals surface area contributed by atoms with Gasteiger partial charge in [-0.3, -0.25) is 0 Å². The molecule has 0 amide bonds. The summed E-state index contributed by atoms with van der Waals surface area (Å²) in [5.41, 5.74) is 2.36. The van der Waals surface area contributed by atoms with Gasteiger partial charge < -0.3 is 10.6 Å². The molecule has 2 rings (SSSR count). The minimum absolute atomic E-state index is 0.477. The molecule has 0 unspecified atom stereocenters. The Hall–Kier alpha value is -2.09. The quantitative estimate of drug-likeness (QED) is 0.844. The third-order valence-electron chi connectivity index (χ3n) is 2.89. The van der Waals surface area contributed by atoms with Crippen LogP contribution in [-0.4, -0.2) is 11.7 Å². The zero-order valence-corrected chi connectivity index (χ0v) is 12.8. The molecule has 0 spiro atoms. The molecule has 0 aromatic heterocycles. The largest absolute Gasteiger partial charge is 0.362 e. The summed E-state index contributed by atoms with van der Waals surface area (Å²) >= 11 is 11.2. The zero-order valence-electron chi connectivity index (χ0n) is 11.3. The average molecular weight is 316 g/mol. The highest BCUT2D eigenvalue weighted by Crippen LogP contribution is 2.20. The first-order valence-corrected chi connectivity index (χ1v) is 7.26. The van der Waals surface area contributed by atoms with E-state index in [1.165, 1.54) is 5.56 Å². The highest BCUT2D eigenvalue weighted by Gasteiger charge is 2.04. The second-order valence-electron chi connectivity index (χ2n) is 4.42. The van der Waals surface area contributed by atoms with Crippen molar-refractivity contribution < 1.29 is 0 Å². The van der Waals surface area contributed by atoms with Gasteiger partial charge in [-0.2, -0.15) is 5.26 Å². The Morgan fingerprint density at radius 3 is 2.67 bits per heavy atom. The molecule has 0 bridgehead atoms. The van der Waals surface area contributed by atoms with Gasteiger partial charge in [0.05, 0.1) is 11.3 Å². The van der Waals surface area contributed by atoms with Crippen molar-refractivity contribution >= 4 is 34.6 Å². The molecule has 3 nitrogen and oxygen atoms in total. The summed E-state index contributed by atoms with van der Waals surface area (Å²) in [7, 11) is 0. The van der Waals surface area contributed by atoms with Gasteiger partial charge in [0.1, 0.15) is 6.07 Å². The molecule has 0 fully saturated rings. The fourth-order valence-corrected chi connectivity index (χ4v) is 2.23. The van der Waals surface area contributed by atoms with Crippen LogP contribution in [0.3, 0.4) is 0 Å². The molecule has 2 N–H and O–H groups in total. The predicted molar refractivity (Wildman–Crippen MR) is 90.5 cm³/mol. The molecular weight excluding hydrogens is 302 g/mol. The minimum Gasteiger partial charge on any atom is -0.362 e. The molecule has 0 saturated carbocycles. The molecule has 0 heterocycles. The van der Waals surface area contributed by atoms with E-state index in [0.717, 1.165) is 13.0 Å². The summed E-state index contributed by atoms with van der Waals surface area (Å²) < 4.78 is 0. The van der Waals surface area contributed by atoms with Gasteiger partial charge in [0.25, 0.3) is 0 Å². The molecule has 0 aliphatic carbocycles. The number of halogens is 1. The molecule has 0 radical (unpaired) electrons. The standard InChI is InChI=1S/C16H14ClN3S/c17-14-7-6-13(11-18)15(10-14)20-16(21)19-9-8-12-4-2-1-3-5-12/h1-7,10H,8-9H2,(H2,19,20,21). The van der Waals surface area contributed by atoms with Crippen molar-refractivity contribution in [1.82, 2.24) is 5.32 Å². The van der Waals surface area contributed by atoms with Crippen LogP contribution in [0.4, 0.5) is 5.69 Å². The lowest BCUT2D eigenvalue weighted by molar-refractivity contribution is 0.873. The molecule has 0 atom stereocenters. The number of anilines is 1. The summed E-state index contributed by atoms with van der Waals surface area (Å²) in [5.74, 6) is 0. The topological polar surface area (TPSA) is 47.9 Å². The number of thiocarbonyl (C=S) groups is 1. The van der Waals surface area contributed by atoms with Gasteiger partial charge in [-0.1, -0.05) is 41.9 Å². The van der Waals surface area contributed by atoms with E-state index in [-0.39, 0.29) is 0 Å². The van der Waals surface area contributed by atoms with Crippen molar-refractivity contribution in [2.45, 2.75) is 6.42 Å². The number of rotatable bonds is 4. The van der Waals surface area contributed by atoms with Crippen molar-refractivity contribution in [3.05, 3.63) is 64.7 Å². The predicted octanol–water partition coefficient (Wildman–Crippen LogP) is 3.74. The van der Waals surface area contributed by atoms with Crippen molar-refractivity contribution in [2.24, 2.45) is 0 Å². The van der Waals surface area contributed by atoms with Crippen LogP contribution in [0.15, 0.2) is 48.5 Å². The van der Waals surface area contributed by atoms with Crippen molar-refractivity contribution in [3.8, 4) is 6.07 Å². The Morgan fingerprint density at radius 1 is 1.19 bits per heavy atom. The molecule has 106 valence electrons. The monoisotopic (exact) mass is 315 g/mol. The van der Waals surface area contributed by atoms with Crippen LogP contribution in [0.25, 0.3) is 0 Å². The van der Waals surface area contributed by atoms with Crippen LogP contribution in [0.1, 0.15) is 11.1 Å². The molecule has 0 saturated heterocycles. The van der Waals surface area contributed by atoms with Crippen LogP contribution < -0.4 is 10.6 Å². The lowest BCUT2D eigenvalue weighted by Gasteiger charge is -2.12. The van der Waals surface area contributed by atoms with E-state index in [2.05, 4.69) is 28.8 Å². The van der Waals surface area contributed by atoms with Crippen LogP contribution >= 0.6 is 23.8 Å². The summed E-state index contributed by atoms with van der Waals surface area (Å²) in [4.78, 5) is 0. The SMILES string of the molecule is N#Cc1ccc(Cl)cc1NC(=S)NCCc1ccccc1. The van der Waals surface area contributed by atoms with Gasteiger partial charge in [-0.05, 0) is 42.4 Å². The summed E-state index contributed by atoms with van der Waals surface area (Å²) in [6.07, 6.45) is 0.878. The number of hydrogen-bond acceptors (Lipinski definition) is 2. The Kier molecular flexibility index (Phi) is 5.56. The lowest BCUT2D eigenvalue weighted by Crippen LogP contribution is -2.30. The molecule has 5 heteroatoms.